The number of halogens is 2. The summed E-state index contributed by atoms with van der Waals surface area (Å²) in [4.78, 5) is 13.7. The summed E-state index contributed by atoms with van der Waals surface area (Å²) in [5, 5.41) is 0. The molecule has 118 valence electrons. The number of likely N-dealkylation sites (N-methyl/N-ethyl adjacent to an activating group) is 1. The van der Waals surface area contributed by atoms with Crippen LogP contribution in [0.5, 0.6) is 5.75 Å². The Morgan fingerprint density at radius 3 is 2.38 bits per heavy atom. The summed E-state index contributed by atoms with van der Waals surface area (Å²) < 4.78 is 28.4. The van der Waals surface area contributed by atoms with Gasteiger partial charge in [-0.15, -0.1) is 0 Å². The van der Waals surface area contributed by atoms with E-state index in [0.717, 1.165) is 12.0 Å². The Bertz CT molecular complexity index is 451. The van der Waals surface area contributed by atoms with Gasteiger partial charge in [-0.05, 0) is 23.6 Å². The summed E-state index contributed by atoms with van der Waals surface area (Å²) in [7, 11) is 1.67. The third kappa shape index (κ3) is 5.30. The topological polar surface area (TPSA) is 55.6 Å². The molecular formula is C15H22F2N2O2. The second kappa shape index (κ2) is 7.93. The van der Waals surface area contributed by atoms with Crippen LogP contribution in [0.2, 0.25) is 0 Å². The van der Waals surface area contributed by atoms with Gasteiger partial charge in [0.1, 0.15) is 5.75 Å². The molecule has 1 aromatic rings. The largest absolute Gasteiger partial charge is 0.435 e. The predicted octanol–water partition coefficient (Wildman–Crippen LogP) is 2.62. The van der Waals surface area contributed by atoms with Crippen molar-refractivity contribution in [2.75, 3.05) is 7.05 Å². The molecule has 0 heterocycles. The van der Waals surface area contributed by atoms with Crippen molar-refractivity contribution in [1.82, 2.24) is 4.90 Å². The second-order valence-electron chi connectivity index (χ2n) is 5.13. The number of carbonyl (C=O) groups is 1. The number of amides is 1. The van der Waals surface area contributed by atoms with Crippen LogP contribution in [0.15, 0.2) is 24.3 Å². The highest BCUT2D eigenvalue weighted by molar-refractivity contribution is 5.81. The van der Waals surface area contributed by atoms with Crippen molar-refractivity contribution in [1.29, 1.82) is 0 Å². The standard InChI is InChI=1S/C15H22F2N2O2/c1-4-10(2)13(18)14(20)19(3)9-11-5-7-12(8-6-11)21-15(16)17/h5-8,10,13,15H,4,9,18H2,1-3H3. The average Bonchev–Trinajstić information content (AvgIpc) is 2.46. The minimum atomic E-state index is -2.84. The first-order valence-corrected chi connectivity index (χ1v) is 6.89. The molecule has 0 aliphatic rings. The van der Waals surface area contributed by atoms with E-state index in [2.05, 4.69) is 4.74 Å². The number of alkyl halides is 2. The van der Waals surface area contributed by atoms with Gasteiger partial charge in [-0.25, -0.2) is 0 Å². The van der Waals surface area contributed by atoms with Crippen molar-refractivity contribution >= 4 is 5.91 Å². The molecule has 0 fully saturated rings. The normalized spacial score (nSPS) is 13.9. The maximum Gasteiger partial charge on any atom is 0.387 e. The molecule has 1 rings (SSSR count). The van der Waals surface area contributed by atoms with Crippen LogP contribution >= 0.6 is 0 Å². The number of nitrogens with two attached hydrogens (primary N) is 1. The van der Waals surface area contributed by atoms with E-state index in [1.54, 1.807) is 24.1 Å². The van der Waals surface area contributed by atoms with Crippen LogP contribution in [0, 0.1) is 5.92 Å². The van der Waals surface area contributed by atoms with Crippen LogP contribution in [-0.4, -0.2) is 30.5 Å². The molecule has 1 amide bonds. The van der Waals surface area contributed by atoms with Gasteiger partial charge in [-0.1, -0.05) is 32.4 Å². The quantitative estimate of drug-likeness (QED) is 0.842. The molecule has 2 unspecified atom stereocenters. The zero-order chi connectivity index (χ0) is 16.0. The second-order valence-corrected chi connectivity index (χ2v) is 5.13. The number of nitrogens with zero attached hydrogens (tertiary/aromatic N) is 1. The van der Waals surface area contributed by atoms with Gasteiger partial charge in [0.25, 0.3) is 0 Å². The number of benzene rings is 1. The smallest absolute Gasteiger partial charge is 0.387 e. The minimum absolute atomic E-state index is 0.0963. The zero-order valence-electron chi connectivity index (χ0n) is 12.6. The number of ether oxygens (including phenoxy) is 1. The molecule has 0 spiro atoms. The monoisotopic (exact) mass is 300 g/mol. The third-order valence-electron chi connectivity index (χ3n) is 3.49. The summed E-state index contributed by atoms with van der Waals surface area (Å²) >= 11 is 0. The molecular weight excluding hydrogens is 278 g/mol. The highest BCUT2D eigenvalue weighted by Crippen LogP contribution is 2.16. The molecule has 0 radical (unpaired) electrons. The Balaban J connectivity index is 2.62. The van der Waals surface area contributed by atoms with Crippen molar-refractivity contribution in [3.8, 4) is 5.75 Å². The highest BCUT2D eigenvalue weighted by Gasteiger charge is 2.22. The molecule has 0 saturated carbocycles. The Hall–Kier alpha value is -1.69. The molecule has 6 heteroatoms. The molecule has 4 nitrogen and oxygen atoms in total. The predicted molar refractivity (Wildman–Crippen MR) is 77.0 cm³/mol. The van der Waals surface area contributed by atoms with Gasteiger partial charge in [0.2, 0.25) is 5.91 Å². The van der Waals surface area contributed by atoms with Crippen molar-refractivity contribution in [3.05, 3.63) is 29.8 Å². The third-order valence-corrected chi connectivity index (χ3v) is 3.49. The van der Waals surface area contributed by atoms with Crippen molar-refractivity contribution in [2.45, 2.75) is 39.5 Å². The Morgan fingerprint density at radius 2 is 1.90 bits per heavy atom. The maximum absolute atomic E-state index is 12.1. The summed E-state index contributed by atoms with van der Waals surface area (Å²) in [6, 6.07) is 5.68. The van der Waals surface area contributed by atoms with Gasteiger partial charge < -0.3 is 15.4 Å². The minimum Gasteiger partial charge on any atom is -0.435 e. The van der Waals surface area contributed by atoms with Crippen LogP contribution in [0.25, 0.3) is 0 Å². The average molecular weight is 300 g/mol. The van der Waals surface area contributed by atoms with Gasteiger partial charge in [-0.3, -0.25) is 4.79 Å². The highest BCUT2D eigenvalue weighted by atomic mass is 19.3. The van der Waals surface area contributed by atoms with Crippen LogP contribution in [0.3, 0.4) is 0 Å². The van der Waals surface area contributed by atoms with Crippen molar-refractivity contribution < 1.29 is 18.3 Å². The number of hydrogen-bond donors (Lipinski definition) is 1. The lowest BCUT2D eigenvalue weighted by Gasteiger charge is -2.24. The molecule has 2 N–H and O–H groups in total. The molecule has 2 atom stereocenters. The first kappa shape index (κ1) is 17.4. The van der Waals surface area contributed by atoms with E-state index in [1.807, 2.05) is 13.8 Å². The van der Waals surface area contributed by atoms with Gasteiger partial charge in [-0.2, -0.15) is 8.78 Å². The van der Waals surface area contributed by atoms with Crippen LogP contribution < -0.4 is 10.5 Å². The first-order chi connectivity index (χ1) is 9.85. The fourth-order valence-electron chi connectivity index (χ4n) is 1.88. The lowest BCUT2D eigenvalue weighted by molar-refractivity contribution is -0.132. The summed E-state index contributed by atoms with van der Waals surface area (Å²) in [6.07, 6.45) is 0.834. The van der Waals surface area contributed by atoms with Gasteiger partial charge in [0, 0.05) is 13.6 Å². The first-order valence-electron chi connectivity index (χ1n) is 6.89. The summed E-state index contributed by atoms with van der Waals surface area (Å²) in [6.45, 7) is 1.46. The lowest BCUT2D eigenvalue weighted by atomic mass is 9.99. The van der Waals surface area contributed by atoms with Crippen LogP contribution in [0.4, 0.5) is 8.78 Å². The van der Waals surface area contributed by atoms with Crippen LogP contribution in [-0.2, 0) is 11.3 Å². The molecule has 0 aliphatic heterocycles. The molecule has 0 bridgehead atoms. The lowest BCUT2D eigenvalue weighted by Crippen LogP contribution is -2.45. The van der Waals surface area contributed by atoms with Crippen molar-refractivity contribution in [3.63, 3.8) is 0 Å². The molecule has 0 aliphatic carbocycles. The maximum atomic E-state index is 12.1. The number of rotatable bonds is 7. The Morgan fingerprint density at radius 1 is 1.33 bits per heavy atom. The van der Waals surface area contributed by atoms with Crippen molar-refractivity contribution in [2.24, 2.45) is 11.7 Å². The summed E-state index contributed by atoms with van der Waals surface area (Å²) in [5.41, 5.74) is 6.73. The van der Waals surface area contributed by atoms with E-state index in [1.165, 1.54) is 12.1 Å². The number of hydrogen-bond acceptors (Lipinski definition) is 3. The fourth-order valence-corrected chi connectivity index (χ4v) is 1.88. The molecule has 21 heavy (non-hydrogen) atoms. The number of carbonyl (C=O) groups excluding carboxylic acids is 1. The van der Waals surface area contributed by atoms with Gasteiger partial charge in [0.05, 0.1) is 6.04 Å². The van der Waals surface area contributed by atoms with Gasteiger partial charge >= 0.3 is 6.61 Å². The fraction of sp³-hybridized carbons (Fsp3) is 0.533. The zero-order valence-corrected chi connectivity index (χ0v) is 12.6. The van der Waals surface area contributed by atoms with Crippen LogP contribution in [0.1, 0.15) is 25.8 Å². The molecule has 0 saturated heterocycles. The Labute approximate surface area is 123 Å². The van der Waals surface area contributed by atoms with E-state index >= 15 is 0 Å². The van der Waals surface area contributed by atoms with E-state index in [9.17, 15) is 13.6 Å². The van der Waals surface area contributed by atoms with Gasteiger partial charge in [0.15, 0.2) is 0 Å². The van der Waals surface area contributed by atoms with E-state index in [4.69, 9.17) is 5.73 Å². The van der Waals surface area contributed by atoms with E-state index in [-0.39, 0.29) is 17.6 Å². The Kier molecular flexibility index (Phi) is 6.55. The van der Waals surface area contributed by atoms with E-state index < -0.39 is 12.7 Å². The molecule has 0 aromatic heterocycles. The summed E-state index contributed by atoms with van der Waals surface area (Å²) in [5.74, 6) is 0.0815. The SMILES string of the molecule is CCC(C)C(N)C(=O)N(C)Cc1ccc(OC(F)F)cc1. The molecule has 1 aromatic carbocycles. The van der Waals surface area contributed by atoms with E-state index in [0.29, 0.717) is 6.54 Å².